The molecule has 7 aromatic carbocycles. The third kappa shape index (κ3) is 6.35. The lowest BCUT2D eigenvalue weighted by molar-refractivity contribution is 0.669. The Morgan fingerprint density at radius 1 is 0.333 bits per heavy atom. The predicted octanol–water partition coefficient (Wildman–Crippen LogP) is 13.5. The second kappa shape index (κ2) is 14.3. The van der Waals surface area contributed by atoms with Gasteiger partial charge in [-0.15, -0.1) is 0 Å². The lowest BCUT2D eigenvalue weighted by atomic mass is 9.87. The van der Waals surface area contributed by atoms with Gasteiger partial charge in [0.1, 0.15) is 11.2 Å². The Balaban J connectivity index is 1.14. The molecule has 0 spiro atoms. The Morgan fingerprint density at radius 2 is 0.877 bits per heavy atom. The summed E-state index contributed by atoms with van der Waals surface area (Å²) in [6.07, 6.45) is 0. The molecule has 0 unspecified atom stereocenters. The van der Waals surface area contributed by atoms with Crippen molar-refractivity contribution in [1.29, 1.82) is 0 Å². The van der Waals surface area contributed by atoms with Gasteiger partial charge in [0.25, 0.3) is 0 Å². The summed E-state index contributed by atoms with van der Waals surface area (Å²) < 4.78 is 6.30. The quantitative estimate of drug-likeness (QED) is 0.163. The fourth-order valence-electron chi connectivity index (χ4n) is 7.87. The SMILES string of the molecule is Cc1ccc(-c2ccccc2-c2nc(-c3ccc(-c4c(-c5ccccc5)cccc4-c4ccccc4)cc3)nc(-c3ccc4c(c3)oc3ccccc34)n2)c(C)n1. The highest BCUT2D eigenvalue weighted by Gasteiger charge is 2.19. The first-order valence-corrected chi connectivity index (χ1v) is 19.1. The van der Waals surface area contributed by atoms with Crippen LogP contribution in [0.2, 0.25) is 0 Å². The van der Waals surface area contributed by atoms with Crippen molar-refractivity contribution in [3.63, 3.8) is 0 Å². The van der Waals surface area contributed by atoms with Gasteiger partial charge in [-0.3, -0.25) is 4.98 Å². The molecule has 0 saturated heterocycles. The van der Waals surface area contributed by atoms with Crippen molar-refractivity contribution in [2.75, 3.05) is 0 Å². The minimum Gasteiger partial charge on any atom is -0.456 e. The van der Waals surface area contributed by atoms with Gasteiger partial charge in [0.15, 0.2) is 17.5 Å². The summed E-state index contributed by atoms with van der Waals surface area (Å²) in [6, 6.07) is 63.1. The van der Waals surface area contributed by atoms with Gasteiger partial charge in [0, 0.05) is 44.4 Å². The number of hydrogen-bond acceptors (Lipinski definition) is 5. The second-order valence-corrected chi connectivity index (χ2v) is 14.3. The molecule has 5 nitrogen and oxygen atoms in total. The summed E-state index contributed by atoms with van der Waals surface area (Å²) >= 11 is 0. The molecular weight excluding hydrogens is 697 g/mol. The van der Waals surface area contributed by atoms with Crippen molar-refractivity contribution in [2.45, 2.75) is 13.8 Å². The molecule has 10 aromatic rings. The highest BCUT2D eigenvalue weighted by molar-refractivity contribution is 6.05. The van der Waals surface area contributed by atoms with Gasteiger partial charge in [0.05, 0.1) is 0 Å². The van der Waals surface area contributed by atoms with Crippen molar-refractivity contribution >= 4 is 21.9 Å². The van der Waals surface area contributed by atoms with Crippen LogP contribution in [0.1, 0.15) is 11.4 Å². The van der Waals surface area contributed by atoms with Crippen LogP contribution in [0.15, 0.2) is 186 Å². The van der Waals surface area contributed by atoms with E-state index in [-0.39, 0.29) is 0 Å². The van der Waals surface area contributed by atoms with Gasteiger partial charge in [-0.25, -0.2) is 15.0 Å². The van der Waals surface area contributed by atoms with Crippen LogP contribution in [0.3, 0.4) is 0 Å². The lowest BCUT2D eigenvalue weighted by Gasteiger charge is -2.17. The highest BCUT2D eigenvalue weighted by atomic mass is 16.3. The smallest absolute Gasteiger partial charge is 0.164 e. The Bertz CT molecular complexity index is 3020. The van der Waals surface area contributed by atoms with E-state index in [9.17, 15) is 0 Å². The van der Waals surface area contributed by atoms with E-state index in [4.69, 9.17) is 24.4 Å². The van der Waals surface area contributed by atoms with Crippen LogP contribution in [0.5, 0.6) is 0 Å². The van der Waals surface area contributed by atoms with Crippen LogP contribution in [0, 0.1) is 13.8 Å². The summed E-state index contributed by atoms with van der Waals surface area (Å²) in [5, 5.41) is 2.13. The fourth-order valence-corrected chi connectivity index (χ4v) is 7.87. The first-order valence-electron chi connectivity index (χ1n) is 19.1. The van der Waals surface area contributed by atoms with E-state index in [0.717, 1.165) is 66.7 Å². The summed E-state index contributed by atoms with van der Waals surface area (Å²) in [5.74, 6) is 1.73. The standard InChI is InChI=1S/C52H36N4O/c1-33-24-30-40(34(2)53-33)43-18-9-10-20-46(43)52-55-50(54-51(56-52)39-29-31-45-44-19-11-12-23-47(44)57-48(45)32-39)38-27-25-37(26-28-38)49-41(35-14-5-3-6-15-35)21-13-22-42(49)36-16-7-4-8-17-36/h3-32H,1-2H3. The molecule has 3 heterocycles. The summed E-state index contributed by atoms with van der Waals surface area (Å²) in [4.78, 5) is 20.3. The average Bonchev–Trinajstić information content (AvgIpc) is 3.65. The monoisotopic (exact) mass is 732 g/mol. The molecule has 5 heteroatoms. The maximum absolute atomic E-state index is 6.30. The molecule has 0 aliphatic heterocycles. The van der Waals surface area contributed by atoms with Crippen molar-refractivity contribution in [3.8, 4) is 78.7 Å². The lowest BCUT2D eigenvalue weighted by Crippen LogP contribution is -2.01. The Hall–Kier alpha value is -7.50. The molecule has 0 radical (unpaired) electrons. The van der Waals surface area contributed by atoms with E-state index in [1.54, 1.807) is 0 Å². The van der Waals surface area contributed by atoms with Crippen molar-refractivity contribution < 1.29 is 4.42 Å². The van der Waals surface area contributed by atoms with E-state index >= 15 is 0 Å². The number of pyridine rings is 1. The first kappa shape index (κ1) is 34.0. The maximum Gasteiger partial charge on any atom is 0.164 e. The molecule has 0 fully saturated rings. The Labute approximate surface area is 331 Å². The number of para-hydroxylation sites is 1. The number of furan rings is 1. The molecule has 0 aliphatic carbocycles. The molecule has 270 valence electrons. The van der Waals surface area contributed by atoms with E-state index in [2.05, 4.69) is 140 Å². The minimum atomic E-state index is 0.566. The predicted molar refractivity (Wildman–Crippen MR) is 232 cm³/mol. The van der Waals surface area contributed by atoms with Crippen molar-refractivity contribution in [2.24, 2.45) is 0 Å². The second-order valence-electron chi connectivity index (χ2n) is 14.3. The molecule has 10 rings (SSSR count). The van der Waals surface area contributed by atoms with E-state index in [1.807, 2.05) is 56.3 Å². The molecule has 0 saturated carbocycles. The zero-order valence-corrected chi connectivity index (χ0v) is 31.5. The number of aryl methyl sites for hydroxylation is 2. The van der Waals surface area contributed by atoms with Gasteiger partial charge in [-0.1, -0.05) is 158 Å². The average molecular weight is 733 g/mol. The molecule has 0 aliphatic rings. The van der Waals surface area contributed by atoms with Crippen LogP contribution in [0.4, 0.5) is 0 Å². The number of hydrogen-bond donors (Lipinski definition) is 0. The highest BCUT2D eigenvalue weighted by Crippen LogP contribution is 2.41. The maximum atomic E-state index is 6.30. The van der Waals surface area contributed by atoms with Gasteiger partial charge in [0.2, 0.25) is 0 Å². The molecule has 57 heavy (non-hydrogen) atoms. The topological polar surface area (TPSA) is 64.7 Å². The summed E-state index contributed by atoms with van der Waals surface area (Å²) in [6.45, 7) is 4.06. The number of fused-ring (bicyclic) bond motifs is 3. The van der Waals surface area contributed by atoms with Crippen LogP contribution in [-0.4, -0.2) is 19.9 Å². The number of rotatable bonds is 7. The largest absolute Gasteiger partial charge is 0.456 e. The van der Waals surface area contributed by atoms with E-state index in [1.165, 1.54) is 27.8 Å². The van der Waals surface area contributed by atoms with E-state index < -0.39 is 0 Å². The normalized spacial score (nSPS) is 11.3. The molecule has 3 aromatic heterocycles. The number of benzene rings is 7. The first-order chi connectivity index (χ1) is 28.1. The van der Waals surface area contributed by atoms with Gasteiger partial charge in [-0.05, 0) is 77.1 Å². The van der Waals surface area contributed by atoms with Crippen molar-refractivity contribution in [1.82, 2.24) is 19.9 Å². The summed E-state index contributed by atoms with van der Waals surface area (Å²) in [7, 11) is 0. The molecular formula is C52H36N4O. The van der Waals surface area contributed by atoms with Gasteiger partial charge in [-0.2, -0.15) is 0 Å². The van der Waals surface area contributed by atoms with E-state index in [0.29, 0.717) is 17.5 Å². The number of aromatic nitrogens is 4. The van der Waals surface area contributed by atoms with Crippen LogP contribution in [0.25, 0.3) is 101 Å². The zero-order chi connectivity index (χ0) is 38.3. The third-order valence-corrected chi connectivity index (χ3v) is 10.6. The third-order valence-electron chi connectivity index (χ3n) is 10.6. The molecule has 0 N–H and O–H groups in total. The van der Waals surface area contributed by atoms with Crippen LogP contribution >= 0.6 is 0 Å². The molecule has 0 bridgehead atoms. The summed E-state index contributed by atoms with van der Waals surface area (Å²) in [5.41, 5.74) is 15.2. The van der Waals surface area contributed by atoms with Crippen LogP contribution < -0.4 is 0 Å². The Morgan fingerprint density at radius 3 is 1.58 bits per heavy atom. The van der Waals surface area contributed by atoms with Crippen LogP contribution in [-0.2, 0) is 0 Å². The minimum absolute atomic E-state index is 0.566. The zero-order valence-electron chi connectivity index (χ0n) is 31.5. The number of nitrogens with zero attached hydrogens (tertiary/aromatic N) is 4. The van der Waals surface area contributed by atoms with Crippen molar-refractivity contribution in [3.05, 3.63) is 193 Å². The Kier molecular flexibility index (Phi) is 8.53. The van der Waals surface area contributed by atoms with Gasteiger partial charge >= 0.3 is 0 Å². The fraction of sp³-hybridized carbons (Fsp3) is 0.0385. The molecule has 0 atom stereocenters. The molecule has 0 amide bonds. The van der Waals surface area contributed by atoms with Gasteiger partial charge < -0.3 is 4.42 Å².